The molecule has 0 unspecified atom stereocenters. The minimum atomic E-state index is -0.323. The monoisotopic (exact) mass is 409 g/mol. The molecule has 30 heavy (non-hydrogen) atoms. The summed E-state index contributed by atoms with van der Waals surface area (Å²) in [7, 11) is 0. The largest absolute Gasteiger partial charge is 0.336 e. The molecule has 2 fully saturated rings. The number of likely N-dealkylation sites (tertiary alicyclic amines) is 2. The molecule has 1 N–H and O–H groups in total. The highest BCUT2D eigenvalue weighted by atomic mass is 16.2. The molecule has 8 heteroatoms. The lowest BCUT2D eigenvalue weighted by atomic mass is 9.83. The fourth-order valence-corrected chi connectivity index (χ4v) is 5.26. The van der Waals surface area contributed by atoms with Crippen molar-refractivity contribution in [3.05, 3.63) is 61.9 Å². The lowest BCUT2D eigenvalue weighted by molar-refractivity contribution is 0.0587. The van der Waals surface area contributed by atoms with Gasteiger partial charge in [-0.3, -0.25) is 19.3 Å². The lowest BCUT2D eigenvalue weighted by Crippen LogP contribution is -2.49. The zero-order chi connectivity index (χ0) is 20.7. The molecule has 0 aliphatic carbocycles. The van der Waals surface area contributed by atoms with Crippen LogP contribution >= 0.6 is 0 Å². The number of aromatic nitrogens is 3. The lowest BCUT2D eigenvalue weighted by Gasteiger charge is -2.42. The van der Waals surface area contributed by atoms with Gasteiger partial charge in [-0.05, 0) is 50.4 Å². The number of hydrogen-bond donors (Lipinski definition) is 1. The highest BCUT2D eigenvalue weighted by molar-refractivity contribution is 5.92. The summed E-state index contributed by atoms with van der Waals surface area (Å²) in [5.74, 6) is 0.241. The Morgan fingerprint density at radius 2 is 1.87 bits per heavy atom. The Kier molecular flexibility index (Phi) is 5.02. The second-order valence-corrected chi connectivity index (χ2v) is 8.85. The first kappa shape index (κ1) is 19.2. The van der Waals surface area contributed by atoms with Crippen LogP contribution in [-0.4, -0.2) is 56.7 Å². The fourth-order valence-electron chi connectivity index (χ4n) is 5.26. The van der Waals surface area contributed by atoms with Crippen LogP contribution in [0.15, 0.2) is 33.9 Å². The van der Waals surface area contributed by atoms with Crippen molar-refractivity contribution in [2.24, 2.45) is 5.92 Å². The van der Waals surface area contributed by atoms with Crippen LogP contribution in [0.4, 0.5) is 0 Å². The van der Waals surface area contributed by atoms with Crippen LogP contribution in [0.25, 0.3) is 0 Å². The van der Waals surface area contributed by atoms with E-state index in [2.05, 4.69) is 21.2 Å². The number of carbonyl (C=O) groups is 1. The van der Waals surface area contributed by atoms with E-state index >= 15 is 0 Å². The number of pyridine rings is 1. The molecular formula is C22H27N5O3. The second-order valence-electron chi connectivity index (χ2n) is 8.85. The summed E-state index contributed by atoms with van der Waals surface area (Å²) in [6.45, 7) is 4.71. The maximum absolute atomic E-state index is 13.2. The molecule has 158 valence electrons. The number of rotatable bonds is 3. The summed E-state index contributed by atoms with van der Waals surface area (Å²) in [6.07, 6.45) is 4.70. The van der Waals surface area contributed by atoms with Crippen molar-refractivity contribution in [3.8, 4) is 0 Å². The topological polar surface area (TPSA) is 91.3 Å². The van der Waals surface area contributed by atoms with Gasteiger partial charge in [-0.1, -0.05) is 12.5 Å². The van der Waals surface area contributed by atoms with Crippen molar-refractivity contribution in [1.29, 1.82) is 0 Å². The molecule has 0 aromatic carbocycles. The number of fused-ring (bicyclic) bond motifs is 4. The molecule has 0 saturated carbocycles. The zero-order valence-electron chi connectivity index (χ0n) is 17.0. The average Bonchev–Trinajstić information content (AvgIpc) is 2.77. The number of nitrogens with one attached hydrogen (secondary N) is 1. The van der Waals surface area contributed by atoms with Gasteiger partial charge in [0.25, 0.3) is 17.0 Å². The Hall–Kier alpha value is -2.74. The number of carbonyl (C=O) groups excluding carboxylic acids is 1. The third-order valence-corrected chi connectivity index (χ3v) is 6.71. The smallest absolute Gasteiger partial charge is 0.274 e. The number of nitrogens with zero attached hydrogens (tertiary/aromatic N) is 4. The molecule has 2 atom stereocenters. The van der Waals surface area contributed by atoms with Crippen molar-refractivity contribution in [2.75, 3.05) is 26.2 Å². The Bertz CT molecular complexity index is 1050. The van der Waals surface area contributed by atoms with Gasteiger partial charge in [-0.25, -0.2) is 5.10 Å². The maximum atomic E-state index is 13.2. The standard InChI is InChI=1S/C22H27N5O3/c28-20-7-5-18(23-24-20)22(30)26-11-15-10-17(14-26)19-6-4-16(21(29)27(19)12-15)13-25-8-2-1-3-9-25/h4-7,15,17H,1-3,8-14H2,(H,24,28)/t15-,17+/m0/s1. The first-order valence-electron chi connectivity index (χ1n) is 10.9. The average molecular weight is 409 g/mol. The van der Waals surface area contributed by atoms with Crippen LogP contribution in [0.3, 0.4) is 0 Å². The minimum absolute atomic E-state index is 0.134. The summed E-state index contributed by atoms with van der Waals surface area (Å²) in [5, 5.41) is 6.21. The van der Waals surface area contributed by atoms with Crippen LogP contribution in [-0.2, 0) is 13.1 Å². The van der Waals surface area contributed by atoms with Crippen molar-refractivity contribution in [1.82, 2.24) is 24.6 Å². The van der Waals surface area contributed by atoms with E-state index in [0.717, 1.165) is 37.3 Å². The Morgan fingerprint density at radius 3 is 2.63 bits per heavy atom. The minimum Gasteiger partial charge on any atom is -0.336 e. The van der Waals surface area contributed by atoms with Gasteiger partial charge in [-0.15, -0.1) is 0 Å². The number of amides is 1. The van der Waals surface area contributed by atoms with Gasteiger partial charge in [0, 0.05) is 49.4 Å². The first-order valence-corrected chi connectivity index (χ1v) is 10.9. The molecule has 1 amide bonds. The molecule has 3 aliphatic heterocycles. The van der Waals surface area contributed by atoms with Gasteiger partial charge in [-0.2, -0.15) is 5.10 Å². The molecule has 8 nitrogen and oxygen atoms in total. The molecule has 5 rings (SSSR count). The normalized spacial score (nSPS) is 23.8. The van der Waals surface area contributed by atoms with E-state index in [1.807, 2.05) is 15.5 Å². The number of aromatic amines is 1. The second kappa shape index (κ2) is 7.83. The predicted octanol–water partition coefficient (Wildman–Crippen LogP) is 1.18. The summed E-state index contributed by atoms with van der Waals surface area (Å²) in [4.78, 5) is 41.5. The van der Waals surface area contributed by atoms with Crippen LogP contribution < -0.4 is 11.1 Å². The third kappa shape index (κ3) is 3.60. The maximum Gasteiger partial charge on any atom is 0.274 e. The molecular weight excluding hydrogens is 382 g/mol. The zero-order valence-corrected chi connectivity index (χ0v) is 17.0. The van der Waals surface area contributed by atoms with Gasteiger partial charge >= 0.3 is 0 Å². The van der Waals surface area contributed by atoms with E-state index in [1.54, 1.807) is 0 Å². The fraction of sp³-hybridized carbons (Fsp3) is 0.545. The van der Waals surface area contributed by atoms with Crippen molar-refractivity contribution in [3.63, 3.8) is 0 Å². The predicted molar refractivity (Wildman–Crippen MR) is 111 cm³/mol. The van der Waals surface area contributed by atoms with E-state index in [0.29, 0.717) is 19.6 Å². The molecule has 2 bridgehead atoms. The summed E-state index contributed by atoms with van der Waals surface area (Å²) in [6, 6.07) is 6.88. The van der Waals surface area contributed by atoms with Crippen LogP contribution in [0.1, 0.15) is 53.3 Å². The van der Waals surface area contributed by atoms with Crippen molar-refractivity contribution >= 4 is 5.91 Å². The Morgan fingerprint density at radius 1 is 1.03 bits per heavy atom. The van der Waals surface area contributed by atoms with E-state index < -0.39 is 0 Å². The van der Waals surface area contributed by atoms with Gasteiger partial charge in [0.15, 0.2) is 0 Å². The molecule has 2 saturated heterocycles. The van der Waals surface area contributed by atoms with Crippen molar-refractivity contribution in [2.45, 2.75) is 44.7 Å². The first-order chi connectivity index (χ1) is 14.6. The van der Waals surface area contributed by atoms with Gasteiger partial charge in [0.05, 0.1) is 0 Å². The number of piperidine rings is 2. The summed E-state index contributed by atoms with van der Waals surface area (Å²) in [5.41, 5.74) is 1.98. The molecule has 2 aromatic heterocycles. The van der Waals surface area contributed by atoms with E-state index in [4.69, 9.17) is 0 Å². The molecule has 0 radical (unpaired) electrons. The Balaban J connectivity index is 1.36. The van der Waals surface area contributed by atoms with Gasteiger partial charge in [0.2, 0.25) is 0 Å². The molecule has 3 aliphatic rings. The van der Waals surface area contributed by atoms with Crippen molar-refractivity contribution < 1.29 is 4.79 Å². The highest BCUT2D eigenvalue weighted by Gasteiger charge is 2.37. The third-order valence-electron chi connectivity index (χ3n) is 6.71. The number of hydrogen-bond acceptors (Lipinski definition) is 5. The highest BCUT2D eigenvalue weighted by Crippen LogP contribution is 2.35. The van der Waals surface area contributed by atoms with Crippen LogP contribution in [0.2, 0.25) is 0 Å². The summed E-state index contributed by atoms with van der Waals surface area (Å²) < 4.78 is 1.96. The van der Waals surface area contributed by atoms with Crippen LogP contribution in [0, 0.1) is 5.92 Å². The molecule has 5 heterocycles. The van der Waals surface area contributed by atoms with E-state index in [1.165, 1.54) is 31.4 Å². The van der Waals surface area contributed by atoms with E-state index in [9.17, 15) is 14.4 Å². The van der Waals surface area contributed by atoms with Gasteiger partial charge in [0.1, 0.15) is 5.69 Å². The van der Waals surface area contributed by atoms with Gasteiger partial charge < -0.3 is 9.47 Å². The molecule has 2 aromatic rings. The van der Waals surface area contributed by atoms with E-state index in [-0.39, 0.29) is 34.6 Å². The molecule has 0 spiro atoms. The SMILES string of the molecule is O=C(c1ccc(=O)[nH]n1)N1C[C@@H]2C[C@H](C1)c1ccc(CN3CCCCC3)c(=O)n1C2. The van der Waals surface area contributed by atoms with Crippen LogP contribution in [0.5, 0.6) is 0 Å². The summed E-state index contributed by atoms with van der Waals surface area (Å²) >= 11 is 0. The quantitative estimate of drug-likeness (QED) is 0.822. The Labute approximate surface area is 174 Å². The number of H-pyrrole nitrogens is 1.